The zero-order valence-electron chi connectivity index (χ0n) is 27.8. The molecule has 2 fully saturated rings. The predicted octanol–water partition coefficient (Wildman–Crippen LogP) is 6.52. The number of ketones is 3. The Kier molecular flexibility index (Phi) is 7.41. The highest BCUT2D eigenvalue weighted by molar-refractivity contribution is 6.25. The van der Waals surface area contributed by atoms with Crippen molar-refractivity contribution >= 4 is 28.1 Å². The fourth-order valence-electron chi connectivity index (χ4n) is 9.24. The number of fused-ring (bicyclic) bond motifs is 5. The van der Waals surface area contributed by atoms with Gasteiger partial charge in [0.2, 0.25) is 0 Å². The Morgan fingerprint density at radius 1 is 1.04 bits per heavy atom. The Hall–Kier alpha value is -4.21. The predicted molar refractivity (Wildman–Crippen MR) is 177 cm³/mol. The van der Waals surface area contributed by atoms with Crippen molar-refractivity contribution in [1.29, 1.82) is 0 Å². The number of aryl methyl sites for hydroxylation is 1. The Bertz CT molecular complexity index is 1980. The minimum Gasteiger partial charge on any atom is -0.470 e. The number of hydrogen-bond donors (Lipinski definition) is 0. The van der Waals surface area contributed by atoms with Gasteiger partial charge in [-0.15, -0.1) is 0 Å². The molecule has 9 heteroatoms. The summed E-state index contributed by atoms with van der Waals surface area (Å²) in [6.07, 6.45) is 2.06. The molecule has 1 saturated carbocycles. The number of Topliss-reactive ketones (excluding diaryl/α,β-unsaturated/α-hetero) is 3. The third-order valence-electron chi connectivity index (χ3n) is 11.7. The van der Waals surface area contributed by atoms with Crippen molar-refractivity contribution in [2.75, 3.05) is 27.2 Å². The van der Waals surface area contributed by atoms with Gasteiger partial charge in [-0.1, -0.05) is 49.4 Å². The Labute approximate surface area is 279 Å². The largest absolute Gasteiger partial charge is 0.470 e. The zero-order chi connectivity index (χ0) is 33.5. The summed E-state index contributed by atoms with van der Waals surface area (Å²) in [5.41, 5.74) is 2.08. The highest BCUT2D eigenvalue weighted by Crippen LogP contribution is 2.60. The van der Waals surface area contributed by atoms with Gasteiger partial charge in [0.25, 0.3) is 5.88 Å². The zero-order valence-corrected chi connectivity index (χ0v) is 27.8. The molecule has 0 amide bonds. The molecule has 0 spiro atoms. The second kappa shape index (κ2) is 11.4. The van der Waals surface area contributed by atoms with E-state index in [1.54, 1.807) is 0 Å². The van der Waals surface area contributed by atoms with Gasteiger partial charge >= 0.3 is 0 Å². The molecule has 1 saturated heterocycles. The minimum absolute atomic E-state index is 0.0608. The maximum absolute atomic E-state index is 16.4. The minimum atomic E-state index is -1.47. The van der Waals surface area contributed by atoms with Gasteiger partial charge in [0.1, 0.15) is 18.0 Å². The number of carbonyl (C=O) groups is 3. The lowest BCUT2D eigenvalue weighted by Gasteiger charge is -2.53. The molecule has 48 heavy (non-hydrogen) atoms. The van der Waals surface area contributed by atoms with Crippen molar-refractivity contribution < 1.29 is 28.0 Å². The van der Waals surface area contributed by atoms with Crippen LogP contribution in [0.1, 0.15) is 81.0 Å². The van der Waals surface area contributed by atoms with E-state index in [0.29, 0.717) is 39.6 Å². The van der Waals surface area contributed by atoms with E-state index in [0.717, 1.165) is 30.8 Å². The SMILES string of the molecule is CCC12C(=O)c3c(OCc4ccccc4)noc3C(N(C)C)C1CC1Cc3c(c(C)c4cc(CN5CCC5)ccc4c3F)C(=O)C1C2=O. The average molecular weight is 650 g/mol. The van der Waals surface area contributed by atoms with Gasteiger partial charge in [-0.3, -0.25) is 24.2 Å². The smallest absolute Gasteiger partial charge is 0.265 e. The van der Waals surface area contributed by atoms with Gasteiger partial charge in [0, 0.05) is 23.4 Å². The second-order valence-electron chi connectivity index (χ2n) is 14.4. The fourth-order valence-corrected chi connectivity index (χ4v) is 9.24. The van der Waals surface area contributed by atoms with Crippen molar-refractivity contribution in [1.82, 2.24) is 15.0 Å². The summed E-state index contributed by atoms with van der Waals surface area (Å²) in [6, 6.07) is 14.9. The molecule has 4 aliphatic rings. The lowest BCUT2D eigenvalue weighted by Crippen LogP contribution is -2.61. The molecule has 1 aliphatic heterocycles. The van der Waals surface area contributed by atoms with Crippen LogP contribution in [-0.4, -0.2) is 59.5 Å². The molecule has 5 unspecified atom stereocenters. The van der Waals surface area contributed by atoms with E-state index in [9.17, 15) is 14.4 Å². The van der Waals surface area contributed by atoms with E-state index in [1.165, 1.54) is 6.42 Å². The Balaban J connectivity index is 1.21. The normalized spacial score (nSPS) is 26.6. The van der Waals surface area contributed by atoms with Crippen molar-refractivity contribution in [3.05, 3.63) is 93.5 Å². The first-order valence-electron chi connectivity index (χ1n) is 17.1. The molecular weight excluding hydrogens is 609 g/mol. The summed E-state index contributed by atoms with van der Waals surface area (Å²) < 4.78 is 28.3. The summed E-state index contributed by atoms with van der Waals surface area (Å²) in [7, 11) is 3.78. The first-order valence-corrected chi connectivity index (χ1v) is 17.1. The summed E-state index contributed by atoms with van der Waals surface area (Å²) in [5.74, 6) is -3.03. The number of benzene rings is 3. The Morgan fingerprint density at radius 3 is 2.50 bits per heavy atom. The second-order valence-corrected chi connectivity index (χ2v) is 14.4. The Morgan fingerprint density at radius 2 is 1.81 bits per heavy atom. The standard InChI is InChI=1S/C39H40FN3O5/c1-5-39-28(33(42(3)4)35-31(37(39)46)38(41-48-35)47-20-22-10-7-6-8-11-22)18-24-17-27-29(34(44)30(24)36(39)45)21(2)26-16-23(19-43-14-9-15-43)12-13-25(26)32(27)40/h6-8,10-13,16,24,28,30,33H,5,9,14-15,17-20H2,1-4H3. The van der Waals surface area contributed by atoms with Gasteiger partial charge in [0.05, 0.1) is 17.4 Å². The quantitative estimate of drug-likeness (QED) is 0.209. The number of aromatic nitrogens is 1. The maximum Gasteiger partial charge on any atom is 0.265 e. The van der Waals surface area contributed by atoms with Gasteiger partial charge in [0.15, 0.2) is 23.1 Å². The number of rotatable bonds is 7. The molecule has 4 aromatic rings. The van der Waals surface area contributed by atoms with Crippen LogP contribution in [-0.2, 0) is 24.4 Å². The molecule has 0 N–H and O–H groups in total. The van der Waals surface area contributed by atoms with Crippen molar-refractivity contribution in [2.45, 2.75) is 58.7 Å². The highest BCUT2D eigenvalue weighted by Gasteiger charge is 2.66. The molecule has 1 aromatic heterocycles. The van der Waals surface area contributed by atoms with Gasteiger partial charge < -0.3 is 9.26 Å². The fraction of sp³-hybridized carbons (Fsp3) is 0.436. The summed E-state index contributed by atoms with van der Waals surface area (Å²) in [5, 5.41) is 5.40. The van der Waals surface area contributed by atoms with Crippen molar-refractivity contribution in [3.8, 4) is 5.88 Å². The molecule has 3 aromatic carbocycles. The number of nitrogens with zero attached hydrogens (tertiary/aromatic N) is 3. The van der Waals surface area contributed by atoms with Crippen LogP contribution in [0.15, 0.2) is 53.1 Å². The number of carbonyl (C=O) groups excluding carboxylic acids is 3. The maximum atomic E-state index is 16.4. The topological polar surface area (TPSA) is 92.9 Å². The number of likely N-dealkylation sites (tertiary alicyclic amines) is 1. The summed E-state index contributed by atoms with van der Waals surface area (Å²) in [6.45, 7) is 6.76. The molecule has 2 heterocycles. The molecule has 3 aliphatic carbocycles. The van der Waals surface area contributed by atoms with Crippen LogP contribution in [0.5, 0.6) is 5.88 Å². The van der Waals surface area contributed by atoms with Crippen LogP contribution in [0.4, 0.5) is 4.39 Å². The van der Waals surface area contributed by atoms with Crippen LogP contribution >= 0.6 is 0 Å². The van der Waals surface area contributed by atoms with E-state index < -0.39 is 35.0 Å². The highest BCUT2D eigenvalue weighted by atomic mass is 19.1. The summed E-state index contributed by atoms with van der Waals surface area (Å²) >= 11 is 0. The van der Waals surface area contributed by atoms with Gasteiger partial charge in [-0.05, 0) is 105 Å². The monoisotopic (exact) mass is 649 g/mol. The van der Waals surface area contributed by atoms with Crippen LogP contribution in [0, 0.1) is 35.9 Å². The first kappa shape index (κ1) is 31.1. The molecule has 5 atom stereocenters. The first-order chi connectivity index (χ1) is 23.1. The van der Waals surface area contributed by atoms with Gasteiger partial charge in [-0.2, -0.15) is 0 Å². The van der Waals surface area contributed by atoms with E-state index >= 15 is 4.39 Å². The van der Waals surface area contributed by atoms with E-state index in [2.05, 4.69) is 10.1 Å². The third-order valence-corrected chi connectivity index (χ3v) is 11.7. The molecular formula is C39H40FN3O5. The lowest BCUT2D eigenvalue weighted by molar-refractivity contribution is -0.142. The number of ether oxygens (including phenoxy) is 1. The average Bonchev–Trinajstić information content (AvgIpc) is 3.48. The lowest BCUT2D eigenvalue weighted by atomic mass is 9.48. The van der Waals surface area contributed by atoms with Gasteiger partial charge in [-0.25, -0.2) is 4.39 Å². The van der Waals surface area contributed by atoms with Crippen LogP contribution in [0.2, 0.25) is 0 Å². The van der Waals surface area contributed by atoms with Crippen molar-refractivity contribution in [2.24, 2.45) is 23.2 Å². The van der Waals surface area contributed by atoms with E-state index in [-0.39, 0.29) is 48.3 Å². The molecule has 0 radical (unpaired) electrons. The molecule has 0 bridgehead atoms. The third kappa shape index (κ3) is 4.39. The number of hydrogen-bond acceptors (Lipinski definition) is 8. The van der Waals surface area contributed by atoms with E-state index in [1.807, 2.05) is 81.4 Å². The molecule has 8 rings (SSSR count). The van der Waals surface area contributed by atoms with Crippen LogP contribution < -0.4 is 4.74 Å². The summed E-state index contributed by atoms with van der Waals surface area (Å²) in [4.78, 5) is 48.6. The van der Waals surface area contributed by atoms with Crippen LogP contribution in [0.3, 0.4) is 0 Å². The number of halogens is 1. The molecule has 248 valence electrons. The van der Waals surface area contributed by atoms with E-state index in [4.69, 9.17) is 9.26 Å². The van der Waals surface area contributed by atoms with Crippen LogP contribution in [0.25, 0.3) is 10.8 Å². The molecule has 8 nitrogen and oxygen atoms in total. The van der Waals surface area contributed by atoms with Crippen molar-refractivity contribution in [3.63, 3.8) is 0 Å².